The van der Waals surface area contributed by atoms with Gasteiger partial charge in [0.15, 0.2) is 5.78 Å². The SMILES string of the molecule is CO[C@H]([C@@H](C)C(=O)C[C@@H](Cc1ccccc1)C(=O)O)[C@@H]1CCCN1C(=O)C[C@@H](OC)[C@H](C1CC1)N(C)C(=O)[C@@H](CC(=O)C(C)(C)N)C(C)C. The molecule has 2 amide bonds. The van der Waals surface area contributed by atoms with Crippen LogP contribution in [0, 0.1) is 29.6 Å². The van der Waals surface area contributed by atoms with Crippen LogP contribution in [0.15, 0.2) is 30.3 Å². The molecule has 274 valence electrons. The lowest BCUT2D eigenvalue weighted by atomic mass is 9.84. The minimum Gasteiger partial charge on any atom is -0.481 e. The lowest BCUT2D eigenvalue weighted by Crippen LogP contribution is -2.53. The Morgan fingerprint density at radius 3 is 2.12 bits per heavy atom. The summed E-state index contributed by atoms with van der Waals surface area (Å²) in [6, 6.07) is 8.55. The third kappa shape index (κ3) is 10.7. The Balaban J connectivity index is 1.73. The summed E-state index contributed by atoms with van der Waals surface area (Å²) in [5.74, 6) is -3.67. The lowest BCUT2D eigenvalue weighted by molar-refractivity contribution is -0.148. The number of Topliss-reactive ketones (excluding diaryl/α,β-unsaturated/α-hetero) is 2. The van der Waals surface area contributed by atoms with Crippen LogP contribution in [0.1, 0.15) is 85.1 Å². The lowest BCUT2D eigenvalue weighted by Gasteiger charge is -2.38. The van der Waals surface area contributed by atoms with Crippen LogP contribution in [0.3, 0.4) is 0 Å². The summed E-state index contributed by atoms with van der Waals surface area (Å²) in [5, 5.41) is 9.89. The van der Waals surface area contributed by atoms with Gasteiger partial charge in [0.2, 0.25) is 11.8 Å². The molecule has 2 fully saturated rings. The van der Waals surface area contributed by atoms with E-state index in [2.05, 4.69) is 0 Å². The molecule has 0 aromatic heterocycles. The summed E-state index contributed by atoms with van der Waals surface area (Å²) < 4.78 is 11.8. The molecule has 3 N–H and O–H groups in total. The predicted molar refractivity (Wildman–Crippen MR) is 187 cm³/mol. The number of carbonyl (C=O) groups excluding carboxylic acids is 4. The number of methoxy groups -OCH3 is 2. The van der Waals surface area contributed by atoms with Crippen LogP contribution in [-0.2, 0) is 39.9 Å². The second kappa shape index (κ2) is 17.7. The summed E-state index contributed by atoms with van der Waals surface area (Å²) in [7, 11) is 4.82. The van der Waals surface area contributed by atoms with E-state index in [1.54, 1.807) is 44.7 Å². The summed E-state index contributed by atoms with van der Waals surface area (Å²) in [6.07, 6.45) is 2.25. The van der Waals surface area contributed by atoms with Crippen LogP contribution < -0.4 is 5.73 Å². The maximum Gasteiger partial charge on any atom is 0.307 e. The zero-order chi connectivity index (χ0) is 36.6. The number of rotatable bonds is 20. The molecule has 1 aliphatic heterocycles. The average molecular weight is 686 g/mol. The first-order chi connectivity index (χ1) is 23.0. The third-order valence-electron chi connectivity index (χ3n) is 10.6. The number of ketones is 2. The Kier molecular flexibility index (Phi) is 14.5. The largest absolute Gasteiger partial charge is 0.481 e. The van der Waals surface area contributed by atoms with E-state index in [9.17, 15) is 29.1 Å². The number of likely N-dealkylation sites (N-methyl/N-ethyl adjacent to an activating group) is 1. The van der Waals surface area contributed by atoms with Crippen molar-refractivity contribution in [2.24, 2.45) is 35.3 Å². The normalized spacial score (nSPS) is 20.3. The van der Waals surface area contributed by atoms with Crippen molar-refractivity contribution in [1.82, 2.24) is 9.80 Å². The van der Waals surface area contributed by atoms with Crippen LogP contribution in [0.4, 0.5) is 0 Å². The first kappa shape index (κ1) is 40.3. The molecule has 11 nitrogen and oxygen atoms in total. The zero-order valence-corrected chi connectivity index (χ0v) is 30.7. The second-order valence-electron chi connectivity index (χ2n) is 15.1. The Morgan fingerprint density at radius 1 is 0.980 bits per heavy atom. The minimum atomic E-state index is -1.04. The van der Waals surface area contributed by atoms with Crippen molar-refractivity contribution in [1.29, 1.82) is 0 Å². The Hall–Kier alpha value is -3.15. The number of amides is 2. The first-order valence-corrected chi connectivity index (χ1v) is 17.7. The van der Waals surface area contributed by atoms with Crippen LogP contribution in [-0.4, -0.2) is 102 Å². The molecule has 1 heterocycles. The Labute approximate surface area is 292 Å². The Bertz CT molecular complexity index is 1290. The van der Waals surface area contributed by atoms with E-state index in [4.69, 9.17) is 15.2 Å². The van der Waals surface area contributed by atoms with Gasteiger partial charge in [-0.15, -0.1) is 0 Å². The van der Waals surface area contributed by atoms with Crippen molar-refractivity contribution in [3.8, 4) is 0 Å². The number of hydrogen-bond acceptors (Lipinski definition) is 8. The fourth-order valence-corrected chi connectivity index (χ4v) is 7.31. The van der Waals surface area contributed by atoms with E-state index in [0.717, 1.165) is 24.8 Å². The van der Waals surface area contributed by atoms with Gasteiger partial charge in [-0.3, -0.25) is 24.0 Å². The number of ether oxygens (including phenoxy) is 2. The van der Waals surface area contributed by atoms with E-state index in [1.165, 1.54) is 7.11 Å². The quantitative estimate of drug-likeness (QED) is 0.206. The molecule has 0 unspecified atom stereocenters. The highest BCUT2D eigenvalue weighted by Gasteiger charge is 2.46. The van der Waals surface area contributed by atoms with Gasteiger partial charge in [0.25, 0.3) is 0 Å². The molecule has 0 spiro atoms. The minimum absolute atomic E-state index is 0.0442. The molecule has 1 aromatic rings. The number of nitrogens with two attached hydrogens (primary N) is 1. The van der Waals surface area contributed by atoms with Crippen LogP contribution in [0.25, 0.3) is 0 Å². The smallest absolute Gasteiger partial charge is 0.307 e. The molecule has 1 aliphatic carbocycles. The number of hydrogen-bond donors (Lipinski definition) is 2. The number of carboxylic acid groups (broad SMARTS) is 1. The molecule has 0 radical (unpaired) electrons. The standard InChI is InChI=1S/C38H59N3O8/c1-23(2)28(21-32(43)38(4,5)39)36(45)40(6)34(26-16-17-26)31(48-7)22-33(44)41-18-12-15-29(41)35(49-8)24(3)30(42)20-27(37(46)47)19-25-13-10-9-11-14-25/h9-11,13-14,23-24,26-29,31,34-35H,12,15-22,39H2,1-8H3,(H,46,47)/t24-,27+,28-,29-,31+,34-,35+/m0/s1. The summed E-state index contributed by atoms with van der Waals surface area (Å²) in [5.41, 5.74) is 5.86. The molecule has 0 bridgehead atoms. The van der Waals surface area contributed by atoms with Gasteiger partial charge in [-0.25, -0.2) is 0 Å². The molecule has 3 rings (SSSR count). The first-order valence-electron chi connectivity index (χ1n) is 17.7. The summed E-state index contributed by atoms with van der Waals surface area (Å²) in [4.78, 5) is 69.8. The van der Waals surface area contributed by atoms with Gasteiger partial charge in [-0.05, 0) is 63.4 Å². The van der Waals surface area contributed by atoms with Gasteiger partial charge >= 0.3 is 5.97 Å². The van der Waals surface area contributed by atoms with Gasteiger partial charge < -0.3 is 30.1 Å². The van der Waals surface area contributed by atoms with E-state index in [1.807, 2.05) is 44.2 Å². The van der Waals surface area contributed by atoms with Gasteiger partial charge in [0, 0.05) is 52.5 Å². The van der Waals surface area contributed by atoms with Crippen LogP contribution in [0.5, 0.6) is 0 Å². The Morgan fingerprint density at radius 2 is 1.61 bits per heavy atom. The summed E-state index contributed by atoms with van der Waals surface area (Å²) >= 11 is 0. The molecule has 2 aliphatic rings. The number of likely N-dealkylation sites (tertiary alicyclic amines) is 1. The van der Waals surface area contributed by atoms with Gasteiger partial charge in [0.1, 0.15) is 5.78 Å². The molecule has 1 saturated carbocycles. The van der Waals surface area contributed by atoms with E-state index >= 15 is 0 Å². The zero-order valence-electron chi connectivity index (χ0n) is 30.7. The van der Waals surface area contributed by atoms with Gasteiger partial charge in [0.05, 0.1) is 42.2 Å². The number of nitrogens with zero attached hydrogens (tertiary/aromatic N) is 2. The second-order valence-corrected chi connectivity index (χ2v) is 15.1. The third-order valence-corrected chi connectivity index (χ3v) is 10.6. The molecular weight excluding hydrogens is 626 g/mol. The molecule has 1 saturated heterocycles. The topological polar surface area (TPSA) is 157 Å². The maximum atomic E-state index is 14.0. The number of carboxylic acids is 1. The van der Waals surface area contributed by atoms with Crippen molar-refractivity contribution in [2.45, 2.75) is 116 Å². The molecule has 11 heteroatoms. The van der Waals surface area contributed by atoms with E-state index < -0.39 is 41.5 Å². The van der Waals surface area contributed by atoms with Crippen molar-refractivity contribution in [3.05, 3.63) is 35.9 Å². The summed E-state index contributed by atoms with van der Waals surface area (Å²) in [6.45, 7) is 9.40. The van der Waals surface area contributed by atoms with Gasteiger partial charge in [-0.1, -0.05) is 51.1 Å². The van der Waals surface area contributed by atoms with Crippen molar-refractivity contribution in [2.75, 3.05) is 27.8 Å². The fraction of sp³-hybridized carbons (Fsp3) is 0.711. The van der Waals surface area contributed by atoms with Crippen molar-refractivity contribution < 1.29 is 38.6 Å². The van der Waals surface area contributed by atoms with Gasteiger partial charge in [-0.2, -0.15) is 0 Å². The highest BCUT2D eigenvalue weighted by molar-refractivity contribution is 5.92. The molecule has 49 heavy (non-hydrogen) atoms. The highest BCUT2D eigenvalue weighted by atomic mass is 16.5. The maximum absolute atomic E-state index is 14.0. The number of aliphatic carboxylic acids is 1. The van der Waals surface area contributed by atoms with Crippen LogP contribution in [0.2, 0.25) is 0 Å². The predicted octanol–water partition coefficient (Wildman–Crippen LogP) is 4.14. The molecule has 7 atom stereocenters. The highest BCUT2D eigenvalue weighted by Crippen LogP contribution is 2.39. The van der Waals surface area contributed by atoms with E-state index in [-0.39, 0.29) is 73.0 Å². The van der Waals surface area contributed by atoms with Crippen molar-refractivity contribution in [3.63, 3.8) is 0 Å². The van der Waals surface area contributed by atoms with E-state index in [0.29, 0.717) is 13.0 Å². The number of benzene rings is 1. The molecular formula is C38H59N3O8. The monoisotopic (exact) mass is 685 g/mol. The number of carbonyl (C=O) groups is 5. The van der Waals surface area contributed by atoms with Crippen LogP contribution >= 0.6 is 0 Å². The molecule has 1 aromatic carbocycles. The average Bonchev–Trinajstić information content (AvgIpc) is 3.77. The fourth-order valence-electron chi connectivity index (χ4n) is 7.31. The van der Waals surface area contributed by atoms with Crippen molar-refractivity contribution >= 4 is 29.4 Å².